The van der Waals surface area contributed by atoms with Gasteiger partial charge in [-0.25, -0.2) is 0 Å². The van der Waals surface area contributed by atoms with Gasteiger partial charge in [-0.2, -0.15) is 0 Å². The summed E-state index contributed by atoms with van der Waals surface area (Å²) in [5, 5.41) is 0. The van der Waals surface area contributed by atoms with Crippen molar-refractivity contribution in [2.75, 3.05) is 26.4 Å². The molecule has 3 heteroatoms. The summed E-state index contributed by atoms with van der Waals surface area (Å²) in [5.74, 6) is 5.04. The third kappa shape index (κ3) is 21.1. The van der Waals surface area contributed by atoms with Gasteiger partial charge in [-0.05, 0) is 134 Å². The van der Waals surface area contributed by atoms with Crippen molar-refractivity contribution in [2.24, 2.45) is 23.7 Å². The number of rotatable bonds is 34. The molecule has 0 aliphatic heterocycles. The molecule has 0 unspecified atom stereocenters. The monoisotopic (exact) mass is 839 g/mol. The molecule has 0 spiro atoms. The van der Waals surface area contributed by atoms with Gasteiger partial charge in [0, 0.05) is 0 Å². The predicted octanol–water partition coefficient (Wildman–Crippen LogP) is 18.2. The standard InChI is InChI=1S/C58H94O3/c1-5-9-13-15-17-19-23-45-60-55-39-35-53(36-40-55)57(51-31-27-49(28-32-51)25-21-11-7-3)43-47-59-48-44-58(52-33-29-50(30-34-52)26-22-12-8-4)54-37-41-56(42-38-54)61-46-24-20-18-16-14-10-6-2/h35-44,49-52H,5-34,45-48H2,1-4H3. The van der Waals surface area contributed by atoms with E-state index in [1.807, 2.05) is 0 Å². The molecule has 2 fully saturated rings. The van der Waals surface area contributed by atoms with Crippen LogP contribution in [0.5, 0.6) is 11.5 Å². The Hall–Kier alpha value is -2.52. The number of benzene rings is 2. The molecule has 0 heterocycles. The topological polar surface area (TPSA) is 27.7 Å². The molecular weight excluding hydrogens is 745 g/mol. The maximum atomic E-state index is 6.55. The molecule has 61 heavy (non-hydrogen) atoms. The van der Waals surface area contributed by atoms with Crippen LogP contribution in [-0.2, 0) is 4.74 Å². The van der Waals surface area contributed by atoms with Crippen LogP contribution in [0.1, 0.15) is 231 Å². The van der Waals surface area contributed by atoms with Crippen LogP contribution in [0.15, 0.2) is 60.7 Å². The fourth-order valence-electron chi connectivity index (χ4n) is 10.3. The summed E-state index contributed by atoms with van der Waals surface area (Å²) in [6, 6.07) is 18.1. The summed E-state index contributed by atoms with van der Waals surface area (Å²) in [7, 11) is 0. The minimum atomic E-state index is 0.607. The highest BCUT2D eigenvalue weighted by molar-refractivity contribution is 5.69. The van der Waals surface area contributed by atoms with Crippen LogP contribution in [-0.4, -0.2) is 26.4 Å². The third-order valence-electron chi connectivity index (χ3n) is 14.3. The summed E-state index contributed by atoms with van der Waals surface area (Å²) in [4.78, 5) is 0. The third-order valence-corrected chi connectivity index (χ3v) is 14.3. The fourth-order valence-corrected chi connectivity index (χ4v) is 10.3. The number of ether oxygens (including phenoxy) is 3. The second-order valence-electron chi connectivity index (χ2n) is 19.3. The number of hydrogen-bond donors (Lipinski definition) is 0. The molecule has 3 nitrogen and oxygen atoms in total. The van der Waals surface area contributed by atoms with Crippen LogP contribution in [0.25, 0.3) is 11.1 Å². The molecule has 0 saturated heterocycles. The first-order valence-electron chi connectivity index (χ1n) is 26.6. The lowest BCUT2D eigenvalue weighted by Gasteiger charge is -2.31. The van der Waals surface area contributed by atoms with Gasteiger partial charge in [-0.1, -0.05) is 193 Å². The summed E-state index contributed by atoms with van der Waals surface area (Å²) in [6.07, 6.45) is 44.9. The lowest BCUT2D eigenvalue weighted by atomic mass is 9.75. The SMILES string of the molecule is CCCCCCCCCOc1ccc(C(=CCOCC=C(c2ccc(OCCCCCCCCC)cc2)C2CCC(CCCCC)CC2)C2CCC(CCCCC)CC2)cc1. The van der Waals surface area contributed by atoms with Gasteiger partial charge in [0.25, 0.3) is 0 Å². The molecule has 2 aromatic rings. The van der Waals surface area contributed by atoms with Crippen molar-refractivity contribution >= 4 is 11.1 Å². The number of allylic oxidation sites excluding steroid dienone is 2. The van der Waals surface area contributed by atoms with E-state index < -0.39 is 0 Å². The highest BCUT2D eigenvalue weighted by Gasteiger charge is 2.26. The van der Waals surface area contributed by atoms with E-state index in [0.717, 1.165) is 49.4 Å². The van der Waals surface area contributed by atoms with Crippen molar-refractivity contribution in [3.8, 4) is 11.5 Å². The van der Waals surface area contributed by atoms with Crippen molar-refractivity contribution < 1.29 is 14.2 Å². The Balaban J connectivity index is 1.38. The van der Waals surface area contributed by atoms with Gasteiger partial charge < -0.3 is 14.2 Å². The molecule has 0 radical (unpaired) electrons. The van der Waals surface area contributed by atoms with Crippen LogP contribution in [0.2, 0.25) is 0 Å². The van der Waals surface area contributed by atoms with Gasteiger partial charge in [-0.15, -0.1) is 0 Å². The van der Waals surface area contributed by atoms with Gasteiger partial charge in [-0.3, -0.25) is 0 Å². The van der Waals surface area contributed by atoms with E-state index in [1.54, 1.807) is 0 Å². The first kappa shape index (κ1) is 51.1. The summed E-state index contributed by atoms with van der Waals surface area (Å²) >= 11 is 0. The first-order valence-corrected chi connectivity index (χ1v) is 26.6. The Morgan fingerprint density at radius 1 is 0.410 bits per heavy atom. The van der Waals surface area contributed by atoms with Gasteiger partial charge in [0.2, 0.25) is 0 Å². The lowest BCUT2D eigenvalue weighted by Crippen LogP contribution is -2.17. The van der Waals surface area contributed by atoms with Crippen molar-refractivity contribution in [2.45, 2.75) is 220 Å². The molecule has 2 aliphatic rings. The highest BCUT2D eigenvalue weighted by Crippen LogP contribution is 2.41. The molecule has 2 saturated carbocycles. The minimum Gasteiger partial charge on any atom is -0.494 e. The van der Waals surface area contributed by atoms with E-state index in [1.165, 1.54) is 202 Å². The Kier molecular flexibility index (Phi) is 27.7. The Morgan fingerprint density at radius 3 is 1.10 bits per heavy atom. The lowest BCUT2D eigenvalue weighted by molar-refractivity contribution is 0.193. The second-order valence-corrected chi connectivity index (χ2v) is 19.3. The van der Waals surface area contributed by atoms with E-state index in [2.05, 4.69) is 88.4 Å². The van der Waals surface area contributed by atoms with Gasteiger partial charge in [0.1, 0.15) is 11.5 Å². The van der Waals surface area contributed by atoms with E-state index >= 15 is 0 Å². The smallest absolute Gasteiger partial charge is 0.119 e. The largest absolute Gasteiger partial charge is 0.494 e. The zero-order chi connectivity index (χ0) is 43.0. The summed E-state index contributed by atoms with van der Waals surface area (Å²) in [5.41, 5.74) is 5.68. The van der Waals surface area contributed by atoms with E-state index in [9.17, 15) is 0 Å². The molecule has 0 aromatic heterocycles. The minimum absolute atomic E-state index is 0.607. The number of unbranched alkanes of at least 4 members (excludes halogenated alkanes) is 16. The highest BCUT2D eigenvalue weighted by atomic mass is 16.5. The van der Waals surface area contributed by atoms with Crippen LogP contribution >= 0.6 is 0 Å². The average molecular weight is 839 g/mol. The Labute approximate surface area is 377 Å². The summed E-state index contributed by atoms with van der Waals surface area (Å²) in [6.45, 7) is 12.2. The number of hydrogen-bond acceptors (Lipinski definition) is 3. The van der Waals surface area contributed by atoms with Crippen LogP contribution in [0, 0.1) is 23.7 Å². The molecule has 4 rings (SSSR count). The van der Waals surface area contributed by atoms with E-state index in [0.29, 0.717) is 25.0 Å². The van der Waals surface area contributed by atoms with Gasteiger partial charge >= 0.3 is 0 Å². The normalized spacial score (nSPS) is 19.9. The van der Waals surface area contributed by atoms with Gasteiger partial charge in [0.15, 0.2) is 0 Å². The Morgan fingerprint density at radius 2 is 0.738 bits per heavy atom. The van der Waals surface area contributed by atoms with Crippen LogP contribution in [0.4, 0.5) is 0 Å². The molecule has 0 bridgehead atoms. The van der Waals surface area contributed by atoms with E-state index in [-0.39, 0.29) is 0 Å². The Bertz CT molecular complexity index is 1280. The molecule has 2 aliphatic carbocycles. The van der Waals surface area contributed by atoms with Crippen molar-refractivity contribution in [3.05, 3.63) is 71.8 Å². The predicted molar refractivity (Wildman–Crippen MR) is 266 cm³/mol. The maximum absolute atomic E-state index is 6.55. The molecule has 2 aromatic carbocycles. The van der Waals surface area contributed by atoms with Crippen LogP contribution < -0.4 is 9.47 Å². The van der Waals surface area contributed by atoms with Crippen LogP contribution in [0.3, 0.4) is 0 Å². The molecular formula is C58H94O3. The van der Waals surface area contributed by atoms with Crippen molar-refractivity contribution in [3.63, 3.8) is 0 Å². The second kappa shape index (κ2) is 33.1. The van der Waals surface area contributed by atoms with Gasteiger partial charge in [0.05, 0.1) is 26.4 Å². The molecule has 0 amide bonds. The zero-order valence-electron chi connectivity index (χ0n) is 40.3. The quantitative estimate of drug-likeness (QED) is 0.0657. The van der Waals surface area contributed by atoms with E-state index in [4.69, 9.17) is 14.2 Å². The van der Waals surface area contributed by atoms with Crippen molar-refractivity contribution in [1.82, 2.24) is 0 Å². The molecule has 0 atom stereocenters. The average Bonchev–Trinajstić information content (AvgIpc) is 3.29. The molecule has 344 valence electrons. The maximum Gasteiger partial charge on any atom is 0.119 e. The summed E-state index contributed by atoms with van der Waals surface area (Å²) < 4.78 is 19.0. The van der Waals surface area contributed by atoms with Crippen molar-refractivity contribution in [1.29, 1.82) is 0 Å². The molecule has 0 N–H and O–H groups in total. The zero-order valence-corrected chi connectivity index (χ0v) is 40.3. The first-order chi connectivity index (χ1) is 30.1. The fraction of sp³-hybridized carbons (Fsp3) is 0.724.